The van der Waals surface area contributed by atoms with Crippen LogP contribution in [-0.2, 0) is 4.79 Å². The van der Waals surface area contributed by atoms with Crippen molar-refractivity contribution < 1.29 is 9.59 Å². The molecule has 2 fully saturated rings. The number of amides is 2. The van der Waals surface area contributed by atoms with Gasteiger partial charge in [-0.2, -0.15) is 0 Å². The number of halogens is 1. The second-order valence-electron chi connectivity index (χ2n) is 6.40. The van der Waals surface area contributed by atoms with Crippen LogP contribution in [0.2, 0.25) is 5.02 Å². The lowest BCUT2D eigenvalue weighted by molar-refractivity contribution is -0.113. The maximum absolute atomic E-state index is 12.8. The number of hydrogen-bond acceptors (Lipinski definition) is 3. The number of benzene rings is 1. The molecule has 25 heavy (non-hydrogen) atoms. The third-order valence-corrected chi connectivity index (χ3v) is 5.80. The molecule has 1 aromatic carbocycles. The lowest BCUT2D eigenvalue weighted by Gasteiger charge is -2.13. The lowest BCUT2D eigenvalue weighted by atomic mass is 10.2. The van der Waals surface area contributed by atoms with Crippen molar-refractivity contribution in [3.63, 3.8) is 0 Å². The van der Waals surface area contributed by atoms with Gasteiger partial charge in [0, 0.05) is 17.4 Å². The van der Waals surface area contributed by atoms with Crippen LogP contribution in [-0.4, -0.2) is 15.7 Å². The predicted octanol–water partition coefficient (Wildman–Crippen LogP) is 5.33. The highest BCUT2D eigenvalue weighted by molar-refractivity contribution is 8.19. The predicted molar refractivity (Wildman–Crippen MR) is 102 cm³/mol. The van der Waals surface area contributed by atoms with Gasteiger partial charge in [-0.15, -0.1) is 0 Å². The first-order valence-corrected chi connectivity index (χ1v) is 9.37. The smallest absolute Gasteiger partial charge is 0.298 e. The van der Waals surface area contributed by atoms with Crippen molar-refractivity contribution in [1.82, 2.24) is 4.57 Å². The van der Waals surface area contributed by atoms with Crippen LogP contribution in [0.15, 0.2) is 35.2 Å². The zero-order chi connectivity index (χ0) is 17.7. The molecule has 2 amide bonds. The van der Waals surface area contributed by atoms with Crippen molar-refractivity contribution in [2.75, 3.05) is 4.90 Å². The van der Waals surface area contributed by atoms with E-state index in [1.807, 2.05) is 6.08 Å². The summed E-state index contributed by atoms with van der Waals surface area (Å²) in [6, 6.07) is 9.55. The van der Waals surface area contributed by atoms with E-state index in [9.17, 15) is 9.59 Å². The van der Waals surface area contributed by atoms with E-state index in [-0.39, 0.29) is 11.1 Å². The molecule has 0 bridgehead atoms. The van der Waals surface area contributed by atoms with Crippen LogP contribution < -0.4 is 4.90 Å². The summed E-state index contributed by atoms with van der Waals surface area (Å²) in [5, 5.41) is 0.0679. The van der Waals surface area contributed by atoms with Gasteiger partial charge in [0.15, 0.2) is 0 Å². The monoisotopic (exact) mass is 372 g/mol. The molecular weight excluding hydrogens is 356 g/mol. The normalized spacial score (nSPS) is 19.3. The first-order chi connectivity index (χ1) is 12.0. The van der Waals surface area contributed by atoms with Crippen LogP contribution >= 0.6 is 23.4 Å². The Morgan fingerprint density at radius 2 is 1.92 bits per heavy atom. The van der Waals surface area contributed by atoms with E-state index >= 15 is 0 Å². The Morgan fingerprint density at radius 3 is 2.60 bits per heavy atom. The standard InChI is InChI=1S/C19H17ClN2O2S/c1-11-9-13(12(2)21(11)14-7-8-14)10-17-18(23)22(19(24)25-17)16-6-4-3-5-15(16)20/h3-6,9-10,14H,7-8H2,1-2H3/b17-10-. The van der Waals surface area contributed by atoms with Crippen molar-refractivity contribution in [3.05, 3.63) is 57.2 Å². The third-order valence-electron chi connectivity index (χ3n) is 4.61. The minimum Gasteiger partial charge on any atom is -0.346 e. The van der Waals surface area contributed by atoms with Crippen LogP contribution in [0.5, 0.6) is 0 Å². The molecule has 2 aromatic rings. The van der Waals surface area contributed by atoms with Crippen molar-refractivity contribution >= 4 is 46.3 Å². The number of nitrogens with zero attached hydrogens (tertiary/aromatic N) is 2. The molecule has 2 heterocycles. The van der Waals surface area contributed by atoms with Gasteiger partial charge in [0.05, 0.1) is 15.6 Å². The summed E-state index contributed by atoms with van der Waals surface area (Å²) < 4.78 is 2.32. The molecule has 1 aromatic heterocycles. The number of aromatic nitrogens is 1. The maximum Gasteiger partial charge on any atom is 0.298 e. The summed E-state index contributed by atoms with van der Waals surface area (Å²) in [6.07, 6.45) is 4.24. The molecule has 0 atom stereocenters. The van der Waals surface area contributed by atoms with E-state index in [1.165, 1.54) is 18.5 Å². The number of para-hydroxylation sites is 1. The molecule has 2 aliphatic rings. The maximum atomic E-state index is 12.8. The molecular formula is C19H17ClN2O2S. The molecule has 4 rings (SSSR count). The van der Waals surface area contributed by atoms with Gasteiger partial charge in [0.1, 0.15) is 0 Å². The Labute approximate surface area is 155 Å². The second-order valence-corrected chi connectivity index (χ2v) is 7.80. The zero-order valence-electron chi connectivity index (χ0n) is 14.0. The Hall–Kier alpha value is -1.98. The number of anilines is 1. The van der Waals surface area contributed by atoms with E-state index in [0.717, 1.165) is 27.9 Å². The van der Waals surface area contributed by atoms with Gasteiger partial charge in [0.25, 0.3) is 11.1 Å². The number of carbonyl (C=O) groups is 2. The molecule has 0 unspecified atom stereocenters. The van der Waals surface area contributed by atoms with E-state index in [1.54, 1.807) is 24.3 Å². The fraction of sp³-hybridized carbons (Fsp3) is 0.263. The fourth-order valence-corrected chi connectivity index (χ4v) is 4.34. The summed E-state index contributed by atoms with van der Waals surface area (Å²) in [5.41, 5.74) is 3.76. The van der Waals surface area contributed by atoms with Crippen molar-refractivity contribution in [1.29, 1.82) is 0 Å². The van der Waals surface area contributed by atoms with E-state index in [2.05, 4.69) is 24.5 Å². The Kier molecular flexibility index (Phi) is 4.01. The lowest BCUT2D eigenvalue weighted by Crippen LogP contribution is -2.27. The topological polar surface area (TPSA) is 42.3 Å². The fourth-order valence-electron chi connectivity index (χ4n) is 3.29. The quantitative estimate of drug-likeness (QED) is 0.683. The van der Waals surface area contributed by atoms with Crippen molar-refractivity contribution in [2.45, 2.75) is 32.7 Å². The largest absolute Gasteiger partial charge is 0.346 e. The highest BCUT2D eigenvalue weighted by Gasteiger charge is 2.37. The van der Waals surface area contributed by atoms with Gasteiger partial charge in [-0.05, 0) is 68.3 Å². The highest BCUT2D eigenvalue weighted by atomic mass is 35.5. The van der Waals surface area contributed by atoms with Crippen molar-refractivity contribution in [2.24, 2.45) is 0 Å². The number of thioether (sulfide) groups is 1. The van der Waals surface area contributed by atoms with Crippen molar-refractivity contribution in [3.8, 4) is 0 Å². The summed E-state index contributed by atoms with van der Waals surface area (Å²) in [6.45, 7) is 4.15. The minimum absolute atomic E-state index is 0.319. The van der Waals surface area contributed by atoms with Crippen LogP contribution in [0.4, 0.5) is 10.5 Å². The number of carbonyl (C=O) groups excluding carboxylic acids is 2. The summed E-state index contributed by atoms with van der Waals surface area (Å²) >= 11 is 7.11. The van der Waals surface area contributed by atoms with Crippen LogP contribution in [0.25, 0.3) is 6.08 Å². The van der Waals surface area contributed by atoms with Gasteiger partial charge in [-0.3, -0.25) is 9.59 Å². The molecule has 1 saturated heterocycles. The Morgan fingerprint density at radius 1 is 1.20 bits per heavy atom. The van der Waals surface area contributed by atoms with Crippen LogP contribution in [0.1, 0.15) is 35.8 Å². The zero-order valence-corrected chi connectivity index (χ0v) is 15.5. The van der Waals surface area contributed by atoms with Gasteiger partial charge in [-0.1, -0.05) is 23.7 Å². The molecule has 0 spiro atoms. The van der Waals surface area contributed by atoms with E-state index in [0.29, 0.717) is 21.7 Å². The van der Waals surface area contributed by atoms with Gasteiger partial charge in [0.2, 0.25) is 0 Å². The third kappa shape index (κ3) is 2.81. The summed E-state index contributed by atoms with van der Waals surface area (Å²) in [4.78, 5) is 26.7. The Balaban J connectivity index is 1.70. The molecule has 0 N–H and O–H groups in total. The SMILES string of the molecule is Cc1cc(/C=C2\SC(=O)N(c3ccccc3Cl)C2=O)c(C)n1C1CC1. The number of aryl methyl sites for hydroxylation is 1. The molecule has 4 nitrogen and oxygen atoms in total. The molecule has 0 radical (unpaired) electrons. The van der Waals surface area contributed by atoms with Gasteiger partial charge >= 0.3 is 0 Å². The minimum atomic E-state index is -0.320. The van der Waals surface area contributed by atoms with Gasteiger partial charge in [-0.25, -0.2) is 4.90 Å². The first-order valence-electron chi connectivity index (χ1n) is 8.18. The average molecular weight is 373 g/mol. The molecule has 1 aliphatic heterocycles. The second kappa shape index (κ2) is 6.07. The molecule has 128 valence electrons. The molecule has 1 aliphatic carbocycles. The molecule has 6 heteroatoms. The number of rotatable bonds is 3. The first kappa shape index (κ1) is 16.5. The van der Waals surface area contributed by atoms with Crippen LogP contribution in [0, 0.1) is 13.8 Å². The highest BCUT2D eigenvalue weighted by Crippen LogP contribution is 2.41. The number of imide groups is 1. The summed E-state index contributed by atoms with van der Waals surface area (Å²) in [5.74, 6) is -0.320. The number of hydrogen-bond donors (Lipinski definition) is 0. The van der Waals surface area contributed by atoms with Crippen LogP contribution in [0.3, 0.4) is 0 Å². The van der Waals surface area contributed by atoms with Gasteiger partial charge < -0.3 is 4.57 Å². The summed E-state index contributed by atoms with van der Waals surface area (Å²) in [7, 11) is 0. The average Bonchev–Trinajstić information content (AvgIpc) is 3.30. The van der Waals surface area contributed by atoms with E-state index in [4.69, 9.17) is 11.6 Å². The Bertz CT molecular complexity index is 928. The van der Waals surface area contributed by atoms with E-state index < -0.39 is 0 Å². The molecule has 1 saturated carbocycles.